The van der Waals surface area contributed by atoms with E-state index in [0.717, 1.165) is 18.4 Å². The van der Waals surface area contributed by atoms with Crippen LogP contribution in [0.4, 0.5) is 0 Å². The molecule has 2 N–H and O–H groups in total. The first-order chi connectivity index (χ1) is 9.76. The average Bonchev–Trinajstić information content (AvgIpc) is 2.91. The lowest BCUT2D eigenvalue weighted by atomic mass is 9.65. The lowest BCUT2D eigenvalue weighted by Gasteiger charge is -2.41. The van der Waals surface area contributed by atoms with Gasteiger partial charge in [0.15, 0.2) is 0 Å². The standard InChI is InChI=1S/C18H27NS/c1-2-14-7-9-18(13-19,10-8-14)11-15-12-20-17-6-4-3-5-16(15)17/h3-6,14-15H,2,7-13,19H2,1H3. The molecule has 0 saturated heterocycles. The van der Waals surface area contributed by atoms with Crippen molar-refractivity contribution in [1.29, 1.82) is 0 Å². The van der Waals surface area contributed by atoms with E-state index >= 15 is 0 Å². The van der Waals surface area contributed by atoms with Gasteiger partial charge in [-0.15, -0.1) is 11.8 Å². The number of rotatable bonds is 4. The van der Waals surface area contributed by atoms with E-state index in [1.165, 1.54) is 49.2 Å². The summed E-state index contributed by atoms with van der Waals surface area (Å²) >= 11 is 2.04. The van der Waals surface area contributed by atoms with Gasteiger partial charge in [0.05, 0.1) is 0 Å². The molecule has 0 bridgehead atoms. The molecule has 0 radical (unpaired) electrons. The molecule has 2 heteroatoms. The molecule has 1 aromatic carbocycles. The summed E-state index contributed by atoms with van der Waals surface area (Å²) < 4.78 is 0. The Morgan fingerprint density at radius 1 is 1.25 bits per heavy atom. The Morgan fingerprint density at radius 2 is 2.00 bits per heavy atom. The number of thioether (sulfide) groups is 1. The van der Waals surface area contributed by atoms with Gasteiger partial charge in [0.25, 0.3) is 0 Å². The number of benzene rings is 1. The number of fused-ring (bicyclic) bond motifs is 1. The predicted molar refractivity (Wildman–Crippen MR) is 88.3 cm³/mol. The van der Waals surface area contributed by atoms with Crippen molar-refractivity contribution in [2.45, 2.75) is 56.3 Å². The summed E-state index contributed by atoms with van der Waals surface area (Å²) in [6, 6.07) is 8.98. The van der Waals surface area contributed by atoms with Gasteiger partial charge in [0, 0.05) is 10.6 Å². The van der Waals surface area contributed by atoms with Crippen molar-refractivity contribution >= 4 is 11.8 Å². The van der Waals surface area contributed by atoms with E-state index in [9.17, 15) is 0 Å². The Hall–Kier alpha value is -0.470. The molecule has 0 spiro atoms. The molecule has 1 saturated carbocycles. The topological polar surface area (TPSA) is 26.0 Å². The molecule has 1 fully saturated rings. The summed E-state index contributed by atoms with van der Waals surface area (Å²) in [6.45, 7) is 3.22. The van der Waals surface area contributed by atoms with Crippen molar-refractivity contribution in [2.24, 2.45) is 17.1 Å². The lowest BCUT2D eigenvalue weighted by Crippen LogP contribution is -2.36. The second-order valence-corrected chi connectivity index (χ2v) is 7.87. The van der Waals surface area contributed by atoms with Crippen LogP contribution in [0.15, 0.2) is 29.2 Å². The molecular formula is C18H27NS. The molecule has 1 unspecified atom stereocenters. The summed E-state index contributed by atoms with van der Waals surface area (Å²) in [4.78, 5) is 1.51. The highest BCUT2D eigenvalue weighted by molar-refractivity contribution is 7.99. The molecule has 1 aliphatic heterocycles. The Bertz CT molecular complexity index is 448. The molecule has 1 atom stereocenters. The molecule has 110 valence electrons. The third-order valence-electron chi connectivity index (χ3n) is 5.65. The number of nitrogens with two attached hydrogens (primary N) is 1. The smallest absolute Gasteiger partial charge is 0.0107 e. The van der Waals surface area contributed by atoms with Crippen molar-refractivity contribution in [3.8, 4) is 0 Å². The normalized spacial score (nSPS) is 33.1. The van der Waals surface area contributed by atoms with Gasteiger partial charge in [-0.1, -0.05) is 31.5 Å². The molecule has 1 heterocycles. The molecular weight excluding hydrogens is 262 g/mol. The summed E-state index contributed by atoms with van der Waals surface area (Å²) in [5.41, 5.74) is 8.23. The second kappa shape index (κ2) is 6.11. The van der Waals surface area contributed by atoms with Crippen molar-refractivity contribution in [2.75, 3.05) is 12.3 Å². The second-order valence-electron chi connectivity index (χ2n) is 6.81. The highest BCUT2D eigenvalue weighted by Gasteiger charge is 2.37. The zero-order valence-electron chi connectivity index (χ0n) is 12.6. The fourth-order valence-electron chi connectivity index (χ4n) is 4.11. The SMILES string of the molecule is CCC1CCC(CN)(CC2CSc3ccccc32)CC1. The van der Waals surface area contributed by atoms with E-state index in [0.29, 0.717) is 5.41 Å². The molecule has 1 aromatic rings. The van der Waals surface area contributed by atoms with Gasteiger partial charge in [-0.25, -0.2) is 0 Å². The summed E-state index contributed by atoms with van der Waals surface area (Å²) in [5, 5.41) is 0. The number of hydrogen-bond donors (Lipinski definition) is 1. The average molecular weight is 289 g/mol. The Kier molecular flexibility index (Phi) is 4.42. The summed E-state index contributed by atoms with van der Waals surface area (Å²) in [6.07, 6.45) is 8.16. The molecule has 0 amide bonds. The van der Waals surface area contributed by atoms with Crippen LogP contribution in [-0.2, 0) is 0 Å². The van der Waals surface area contributed by atoms with Gasteiger partial charge in [-0.05, 0) is 67.5 Å². The van der Waals surface area contributed by atoms with Gasteiger partial charge in [0.1, 0.15) is 0 Å². The third-order valence-corrected chi connectivity index (χ3v) is 6.91. The fraction of sp³-hybridized carbons (Fsp3) is 0.667. The lowest BCUT2D eigenvalue weighted by molar-refractivity contribution is 0.135. The van der Waals surface area contributed by atoms with Crippen LogP contribution in [0.3, 0.4) is 0 Å². The monoisotopic (exact) mass is 289 g/mol. The van der Waals surface area contributed by atoms with Crippen molar-refractivity contribution < 1.29 is 0 Å². The minimum atomic E-state index is 0.425. The van der Waals surface area contributed by atoms with E-state index in [4.69, 9.17) is 5.73 Å². The van der Waals surface area contributed by atoms with Crippen LogP contribution in [0, 0.1) is 11.3 Å². The van der Waals surface area contributed by atoms with E-state index < -0.39 is 0 Å². The van der Waals surface area contributed by atoms with Crippen LogP contribution >= 0.6 is 11.8 Å². The van der Waals surface area contributed by atoms with Crippen LogP contribution < -0.4 is 5.73 Å². The van der Waals surface area contributed by atoms with Crippen LogP contribution in [0.5, 0.6) is 0 Å². The fourth-order valence-corrected chi connectivity index (χ4v) is 5.37. The summed E-state index contributed by atoms with van der Waals surface area (Å²) in [7, 11) is 0. The molecule has 2 aliphatic rings. The predicted octanol–water partition coefficient (Wildman–Crippen LogP) is 4.81. The van der Waals surface area contributed by atoms with Crippen molar-refractivity contribution in [3.63, 3.8) is 0 Å². The van der Waals surface area contributed by atoms with E-state index in [-0.39, 0.29) is 0 Å². The maximum atomic E-state index is 6.22. The third kappa shape index (κ3) is 2.78. The minimum Gasteiger partial charge on any atom is -0.330 e. The molecule has 1 nitrogen and oxygen atoms in total. The van der Waals surface area contributed by atoms with Crippen LogP contribution in [0.2, 0.25) is 0 Å². The zero-order valence-corrected chi connectivity index (χ0v) is 13.4. The first-order valence-corrected chi connectivity index (χ1v) is 9.17. The zero-order chi connectivity index (χ0) is 14.0. The van der Waals surface area contributed by atoms with Gasteiger partial charge in [-0.3, -0.25) is 0 Å². The largest absolute Gasteiger partial charge is 0.330 e. The Labute approximate surface area is 127 Å². The van der Waals surface area contributed by atoms with Gasteiger partial charge < -0.3 is 5.73 Å². The quantitative estimate of drug-likeness (QED) is 0.860. The van der Waals surface area contributed by atoms with Crippen molar-refractivity contribution in [3.05, 3.63) is 29.8 Å². The van der Waals surface area contributed by atoms with Crippen LogP contribution in [0.1, 0.15) is 56.9 Å². The van der Waals surface area contributed by atoms with Gasteiger partial charge >= 0.3 is 0 Å². The minimum absolute atomic E-state index is 0.425. The Morgan fingerprint density at radius 3 is 2.70 bits per heavy atom. The summed E-state index contributed by atoms with van der Waals surface area (Å²) in [5.74, 6) is 2.95. The van der Waals surface area contributed by atoms with Crippen molar-refractivity contribution in [1.82, 2.24) is 0 Å². The molecule has 20 heavy (non-hydrogen) atoms. The number of hydrogen-bond acceptors (Lipinski definition) is 2. The van der Waals surface area contributed by atoms with E-state index in [1.54, 1.807) is 5.56 Å². The highest BCUT2D eigenvalue weighted by atomic mass is 32.2. The van der Waals surface area contributed by atoms with Crippen LogP contribution in [-0.4, -0.2) is 12.3 Å². The first kappa shape index (κ1) is 14.5. The molecule has 0 aromatic heterocycles. The van der Waals surface area contributed by atoms with Gasteiger partial charge in [0.2, 0.25) is 0 Å². The van der Waals surface area contributed by atoms with Gasteiger partial charge in [-0.2, -0.15) is 0 Å². The maximum absolute atomic E-state index is 6.22. The molecule has 1 aliphatic carbocycles. The highest BCUT2D eigenvalue weighted by Crippen LogP contribution is 2.50. The first-order valence-electron chi connectivity index (χ1n) is 8.18. The van der Waals surface area contributed by atoms with E-state index in [1.807, 2.05) is 11.8 Å². The van der Waals surface area contributed by atoms with E-state index in [2.05, 4.69) is 31.2 Å². The van der Waals surface area contributed by atoms with Crippen LogP contribution in [0.25, 0.3) is 0 Å². The Balaban J connectivity index is 1.70. The maximum Gasteiger partial charge on any atom is 0.0107 e. The molecule has 3 rings (SSSR count).